The van der Waals surface area contributed by atoms with Gasteiger partial charge in [0.1, 0.15) is 5.82 Å². The summed E-state index contributed by atoms with van der Waals surface area (Å²) in [7, 11) is 4.70. The fraction of sp³-hybridized carbons (Fsp3) is 0.176. The van der Waals surface area contributed by atoms with E-state index in [4.69, 9.17) is 5.73 Å². The van der Waals surface area contributed by atoms with E-state index in [2.05, 4.69) is 26.0 Å². The number of hydrogen-bond acceptors (Lipinski definition) is 5. The van der Waals surface area contributed by atoms with E-state index in [9.17, 15) is 9.59 Å². The molecular weight excluding hydrogens is 414 g/mol. The minimum Gasteiger partial charge on any atom is -0.383 e. The Bertz CT molecular complexity index is 1310. The molecule has 0 fully saturated rings. The molecule has 0 unspecified atom stereocenters. The zero-order valence-corrected chi connectivity index (χ0v) is 16.4. The van der Waals surface area contributed by atoms with E-state index in [1.165, 1.54) is 16.3 Å². The Hall–Kier alpha value is -3.14. The molecule has 3 aromatic heterocycles. The molecule has 1 aromatic carbocycles. The molecule has 10 heteroatoms. The normalized spacial score (nSPS) is 11.4. The summed E-state index contributed by atoms with van der Waals surface area (Å²) < 4.78 is 6.39. The van der Waals surface area contributed by atoms with E-state index in [0.29, 0.717) is 23.0 Å². The molecule has 0 bridgehead atoms. The van der Waals surface area contributed by atoms with Gasteiger partial charge in [0, 0.05) is 37.2 Å². The predicted octanol–water partition coefficient (Wildman–Crippen LogP) is 1.17. The highest BCUT2D eigenvalue weighted by Crippen LogP contribution is 2.25. The number of nitrogens with two attached hydrogens (primary N) is 1. The Morgan fingerprint density at radius 3 is 2.33 bits per heavy atom. The smallest absolute Gasteiger partial charge is 0.332 e. The average Bonchev–Trinajstić information content (AvgIpc) is 3.19. The quantitative estimate of drug-likeness (QED) is 0.514. The van der Waals surface area contributed by atoms with Gasteiger partial charge in [-0.3, -0.25) is 13.9 Å². The number of halogens is 1. The van der Waals surface area contributed by atoms with Crippen molar-refractivity contribution in [2.24, 2.45) is 21.1 Å². The molecule has 27 heavy (non-hydrogen) atoms. The van der Waals surface area contributed by atoms with Gasteiger partial charge in [-0.1, -0.05) is 28.1 Å². The van der Waals surface area contributed by atoms with E-state index < -0.39 is 11.2 Å². The lowest BCUT2D eigenvalue weighted by molar-refractivity contribution is 0.705. The number of benzene rings is 1. The van der Waals surface area contributed by atoms with Crippen molar-refractivity contribution in [3.63, 3.8) is 0 Å². The van der Waals surface area contributed by atoms with Crippen molar-refractivity contribution in [1.82, 2.24) is 28.5 Å². The Labute approximate surface area is 161 Å². The maximum absolute atomic E-state index is 12.5. The summed E-state index contributed by atoms with van der Waals surface area (Å²) >= 11 is 3.41. The summed E-state index contributed by atoms with van der Waals surface area (Å²) in [5, 5.41) is 4.54. The van der Waals surface area contributed by atoms with Crippen molar-refractivity contribution in [2.75, 3.05) is 5.73 Å². The van der Waals surface area contributed by atoms with Gasteiger partial charge in [0.05, 0.1) is 5.69 Å². The van der Waals surface area contributed by atoms with Crippen LogP contribution in [0.5, 0.6) is 0 Å². The van der Waals surface area contributed by atoms with E-state index in [1.807, 2.05) is 24.3 Å². The van der Waals surface area contributed by atoms with Crippen LogP contribution in [0.3, 0.4) is 0 Å². The van der Waals surface area contributed by atoms with E-state index in [-0.39, 0.29) is 5.65 Å². The second kappa shape index (κ2) is 5.95. The van der Waals surface area contributed by atoms with Crippen molar-refractivity contribution in [2.45, 2.75) is 0 Å². The monoisotopic (exact) mass is 429 g/mol. The van der Waals surface area contributed by atoms with Crippen molar-refractivity contribution in [1.29, 1.82) is 0 Å². The largest absolute Gasteiger partial charge is 0.383 e. The molecule has 0 atom stereocenters. The molecule has 138 valence electrons. The molecule has 0 amide bonds. The lowest BCUT2D eigenvalue weighted by Crippen LogP contribution is -2.37. The van der Waals surface area contributed by atoms with Crippen LogP contribution >= 0.6 is 15.9 Å². The summed E-state index contributed by atoms with van der Waals surface area (Å²) in [6, 6.07) is 9.41. The van der Waals surface area contributed by atoms with Crippen LogP contribution in [-0.4, -0.2) is 28.5 Å². The van der Waals surface area contributed by atoms with Gasteiger partial charge in [0.2, 0.25) is 5.95 Å². The van der Waals surface area contributed by atoms with Crippen LogP contribution in [0.1, 0.15) is 0 Å². The molecule has 0 aliphatic rings. The number of rotatable bonds is 2. The number of nitrogen functional groups attached to an aromatic ring is 1. The fourth-order valence-electron chi connectivity index (χ4n) is 3.01. The van der Waals surface area contributed by atoms with Gasteiger partial charge < -0.3 is 10.3 Å². The van der Waals surface area contributed by atoms with Crippen LogP contribution in [0.2, 0.25) is 0 Å². The second-order valence-corrected chi connectivity index (χ2v) is 7.14. The van der Waals surface area contributed by atoms with Crippen LogP contribution in [0, 0.1) is 0 Å². The summed E-state index contributed by atoms with van der Waals surface area (Å²) in [4.78, 5) is 29.2. The second-order valence-electron chi connectivity index (χ2n) is 6.22. The molecule has 0 saturated carbocycles. The Balaban J connectivity index is 1.96. The molecule has 0 saturated heterocycles. The third-order valence-electron chi connectivity index (χ3n) is 4.52. The van der Waals surface area contributed by atoms with E-state index >= 15 is 0 Å². The lowest BCUT2D eigenvalue weighted by atomic mass is 10.2. The molecule has 9 nitrogen and oxygen atoms in total. The molecule has 0 radical (unpaired) electrons. The number of nitrogens with zero attached hydrogens (tertiary/aromatic N) is 6. The zero-order valence-electron chi connectivity index (χ0n) is 14.8. The first-order chi connectivity index (χ1) is 12.8. The molecule has 0 spiro atoms. The van der Waals surface area contributed by atoms with Crippen molar-refractivity contribution < 1.29 is 0 Å². The van der Waals surface area contributed by atoms with Crippen molar-refractivity contribution >= 4 is 32.9 Å². The summed E-state index contributed by atoms with van der Waals surface area (Å²) in [6.45, 7) is 0. The maximum atomic E-state index is 12.5. The van der Waals surface area contributed by atoms with Crippen molar-refractivity contribution in [3.05, 3.63) is 55.6 Å². The SMILES string of the molecule is Cn1c(=O)c2c(nc(-n3nc(-c4ccc(Br)cc4)cc3N)n2C)n(C)c1=O. The van der Waals surface area contributed by atoms with Gasteiger partial charge in [0.25, 0.3) is 5.56 Å². The summed E-state index contributed by atoms with van der Waals surface area (Å²) in [6.07, 6.45) is 0. The van der Waals surface area contributed by atoms with Crippen molar-refractivity contribution in [3.8, 4) is 17.2 Å². The van der Waals surface area contributed by atoms with Gasteiger partial charge in [-0.2, -0.15) is 14.8 Å². The Morgan fingerprint density at radius 2 is 1.67 bits per heavy atom. The molecule has 4 aromatic rings. The van der Waals surface area contributed by atoms with Gasteiger partial charge >= 0.3 is 5.69 Å². The van der Waals surface area contributed by atoms with Crippen LogP contribution in [0.25, 0.3) is 28.4 Å². The highest BCUT2D eigenvalue weighted by Gasteiger charge is 2.20. The zero-order chi connectivity index (χ0) is 19.5. The van der Waals surface area contributed by atoms with Crippen LogP contribution in [0.4, 0.5) is 5.82 Å². The Morgan fingerprint density at radius 1 is 1.00 bits per heavy atom. The maximum Gasteiger partial charge on any atom is 0.332 e. The van der Waals surface area contributed by atoms with Crippen LogP contribution in [0.15, 0.2) is 44.4 Å². The van der Waals surface area contributed by atoms with E-state index in [1.54, 1.807) is 24.7 Å². The Kier molecular flexibility index (Phi) is 3.81. The van der Waals surface area contributed by atoms with Crippen LogP contribution < -0.4 is 17.0 Å². The molecule has 3 heterocycles. The average molecular weight is 430 g/mol. The highest BCUT2D eigenvalue weighted by atomic mass is 79.9. The number of aryl methyl sites for hydroxylation is 2. The molecular formula is C17H16BrN7O2. The third kappa shape index (κ3) is 2.52. The third-order valence-corrected chi connectivity index (χ3v) is 5.05. The lowest BCUT2D eigenvalue weighted by Gasteiger charge is -2.04. The van der Waals surface area contributed by atoms with Gasteiger partial charge in [-0.05, 0) is 12.1 Å². The minimum absolute atomic E-state index is 0.278. The van der Waals surface area contributed by atoms with Gasteiger partial charge in [-0.15, -0.1) is 0 Å². The fourth-order valence-corrected chi connectivity index (χ4v) is 3.28. The number of fused-ring (bicyclic) bond motifs is 1. The minimum atomic E-state index is -0.443. The van der Waals surface area contributed by atoms with E-state index in [0.717, 1.165) is 14.6 Å². The first-order valence-electron chi connectivity index (χ1n) is 8.04. The first kappa shape index (κ1) is 17.3. The van der Waals surface area contributed by atoms with Gasteiger partial charge in [-0.25, -0.2) is 4.79 Å². The van der Waals surface area contributed by atoms with Gasteiger partial charge in [0.15, 0.2) is 11.2 Å². The molecule has 2 N–H and O–H groups in total. The number of aromatic nitrogens is 6. The first-order valence-corrected chi connectivity index (χ1v) is 8.83. The molecule has 4 rings (SSSR count). The number of anilines is 1. The topological polar surface area (TPSA) is 106 Å². The predicted molar refractivity (Wildman–Crippen MR) is 106 cm³/mol. The standard InChI is InChI=1S/C17H16BrN7O2/c1-22-13-14(23(2)17(27)24(3)15(13)26)20-16(22)25-12(19)8-11(21-25)9-4-6-10(18)7-5-9/h4-8H,19H2,1-3H3. The summed E-state index contributed by atoms with van der Waals surface area (Å²) in [5.74, 6) is 0.720. The molecule has 0 aliphatic heterocycles. The highest BCUT2D eigenvalue weighted by molar-refractivity contribution is 9.10. The number of imidazole rings is 1. The van der Waals surface area contributed by atoms with Crippen LogP contribution in [-0.2, 0) is 21.1 Å². The number of hydrogen-bond donors (Lipinski definition) is 1. The summed E-state index contributed by atoms with van der Waals surface area (Å²) in [5.41, 5.74) is 7.44. The molecule has 0 aliphatic carbocycles.